The minimum Gasteiger partial charge on any atom is -0.434 e. The maximum atomic E-state index is 12.6. The Kier molecular flexibility index (Phi) is 4.83. The third-order valence-corrected chi connectivity index (χ3v) is 3.35. The Bertz CT molecular complexity index is 659. The molecular formula is C15H17F2N3O3. The molecule has 1 atom stereocenters. The molecule has 23 heavy (non-hydrogen) atoms. The van der Waals surface area contributed by atoms with E-state index in [0.717, 1.165) is 0 Å². The molecule has 0 unspecified atom stereocenters. The molecule has 0 fully saturated rings. The summed E-state index contributed by atoms with van der Waals surface area (Å²) in [6, 6.07) is 4.65. The highest BCUT2D eigenvalue weighted by molar-refractivity contribution is 5.98. The fraction of sp³-hybridized carbons (Fsp3) is 0.333. The fourth-order valence-corrected chi connectivity index (χ4v) is 2.37. The summed E-state index contributed by atoms with van der Waals surface area (Å²) < 4.78 is 29.7. The molecule has 0 bridgehead atoms. The fourth-order valence-electron chi connectivity index (χ4n) is 2.37. The van der Waals surface area contributed by atoms with Gasteiger partial charge in [-0.1, -0.05) is 18.2 Å². The van der Waals surface area contributed by atoms with Gasteiger partial charge in [0, 0.05) is 25.4 Å². The minimum absolute atomic E-state index is 0.0912. The zero-order valence-corrected chi connectivity index (χ0v) is 12.9. The second kappa shape index (κ2) is 6.64. The van der Waals surface area contributed by atoms with Crippen LogP contribution in [0.4, 0.5) is 13.6 Å². The number of nitrogens with zero attached hydrogens (tertiary/aromatic N) is 1. The highest BCUT2D eigenvalue weighted by atomic mass is 19.3. The summed E-state index contributed by atoms with van der Waals surface area (Å²) in [4.78, 5) is 25.5. The Balaban J connectivity index is 2.53. The third-order valence-electron chi connectivity index (χ3n) is 3.35. The van der Waals surface area contributed by atoms with Crippen LogP contribution in [0, 0.1) is 0 Å². The molecule has 6 nitrogen and oxygen atoms in total. The first-order chi connectivity index (χ1) is 10.8. The molecule has 1 aromatic rings. The molecule has 3 amide bonds. The molecular weight excluding hydrogens is 308 g/mol. The summed E-state index contributed by atoms with van der Waals surface area (Å²) in [6.45, 7) is -1.43. The molecule has 1 heterocycles. The van der Waals surface area contributed by atoms with Crippen LogP contribution in [0.1, 0.15) is 18.5 Å². The number of hydrogen-bond acceptors (Lipinski definition) is 3. The van der Waals surface area contributed by atoms with Gasteiger partial charge >= 0.3 is 12.6 Å². The molecule has 0 aliphatic carbocycles. The standard InChI is InChI=1S/C15H17F2N3O3/c1-8-11(13(21)20(2)3)12(19-15(22)18-8)9-6-4-5-7-10(9)23-14(16)17/h4-7,12,14H,1-3H3,(H2,18,19,22)/t12-/m0/s1. The first-order valence-corrected chi connectivity index (χ1v) is 6.85. The van der Waals surface area contributed by atoms with Crippen LogP contribution < -0.4 is 15.4 Å². The van der Waals surface area contributed by atoms with E-state index in [-0.39, 0.29) is 22.8 Å². The Morgan fingerprint density at radius 1 is 1.30 bits per heavy atom. The van der Waals surface area contributed by atoms with Crippen molar-refractivity contribution in [1.82, 2.24) is 15.5 Å². The van der Waals surface area contributed by atoms with Gasteiger partial charge in [0.2, 0.25) is 0 Å². The van der Waals surface area contributed by atoms with E-state index >= 15 is 0 Å². The summed E-state index contributed by atoms with van der Waals surface area (Å²) in [5, 5.41) is 5.10. The topological polar surface area (TPSA) is 70.7 Å². The monoisotopic (exact) mass is 325 g/mol. The Morgan fingerprint density at radius 2 is 1.96 bits per heavy atom. The SMILES string of the molecule is CC1=C(C(=O)N(C)C)[C@H](c2ccccc2OC(F)F)NC(=O)N1. The van der Waals surface area contributed by atoms with Gasteiger partial charge in [0.15, 0.2) is 0 Å². The van der Waals surface area contributed by atoms with Crippen molar-refractivity contribution in [2.75, 3.05) is 14.1 Å². The summed E-state index contributed by atoms with van der Waals surface area (Å²) in [7, 11) is 3.13. The molecule has 0 spiro atoms. The lowest BCUT2D eigenvalue weighted by Gasteiger charge is -2.30. The molecule has 0 saturated carbocycles. The van der Waals surface area contributed by atoms with Crippen LogP contribution in [0.3, 0.4) is 0 Å². The van der Waals surface area contributed by atoms with Crippen molar-refractivity contribution >= 4 is 11.9 Å². The number of halogens is 2. The second-order valence-corrected chi connectivity index (χ2v) is 5.19. The van der Waals surface area contributed by atoms with Crippen molar-refractivity contribution in [2.45, 2.75) is 19.6 Å². The van der Waals surface area contributed by atoms with E-state index < -0.39 is 18.7 Å². The van der Waals surface area contributed by atoms with Crippen molar-refractivity contribution in [3.8, 4) is 5.75 Å². The third kappa shape index (κ3) is 3.58. The molecule has 0 aromatic heterocycles. The van der Waals surface area contributed by atoms with Gasteiger partial charge in [-0.15, -0.1) is 0 Å². The van der Waals surface area contributed by atoms with Crippen LogP contribution in [-0.2, 0) is 4.79 Å². The first-order valence-electron chi connectivity index (χ1n) is 6.85. The number of alkyl halides is 2. The van der Waals surface area contributed by atoms with Gasteiger partial charge in [0.05, 0.1) is 11.6 Å². The quantitative estimate of drug-likeness (QED) is 0.889. The zero-order chi connectivity index (χ0) is 17.1. The summed E-state index contributed by atoms with van der Waals surface area (Å²) in [6.07, 6.45) is 0. The van der Waals surface area contributed by atoms with Crippen molar-refractivity contribution in [3.63, 3.8) is 0 Å². The molecule has 1 aliphatic heterocycles. The van der Waals surface area contributed by atoms with E-state index in [1.807, 2.05) is 0 Å². The number of carbonyl (C=O) groups is 2. The van der Waals surface area contributed by atoms with E-state index in [1.54, 1.807) is 27.1 Å². The largest absolute Gasteiger partial charge is 0.434 e. The summed E-state index contributed by atoms with van der Waals surface area (Å²) >= 11 is 0. The minimum atomic E-state index is -3.01. The van der Waals surface area contributed by atoms with Crippen LogP contribution >= 0.6 is 0 Å². The van der Waals surface area contributed by atoms with Gasteiger partial charge < -0.3 is 20.3 Å². The van der Waals surface area contributed by atoms with E-state index in [2.05, 4.69) is 15.4 Å². The van der Waals surface area contributed by atoms with Crippen LogP contribution in [0.5, 0.6) is 5.75 Å². The van der Waals surface area contributed by atoms with Gasteiger partial charge in [-0.25, -0.2) is 4.79 Å². The van der Waals surface area contributed by atoms with Crippen LogP contribution in [0.25, 0.3) is 0 Å². The molecule has 0 saturated heterocycles. The van der Waals surface area contributed by atoms with Crippen LogP contribution in [-0.4, -0.2) is 37.5 Å². The molecule has 1 aliphatic rings. The van der Waals surface area contributed by atoms with E-state index in [1.165, 1.54) is 23.1 Å². The van der Waals surface area contributed by atoms with Crippen LogP contribution in [0.2, 0.25) is 0 Å². The zero-order valence-electron chi connectivity index (χ0n) is 12.9. The molecule has 8 heteroatoms. The number of carbonyl (C=O) groups excluding carboxylic acids is 2. The Hall–Kier alpha value is -2.64. The van der Waals surface area contributed by atoms with Gasteiger partial charge in [-0.05, 0) is 13.0 Å². The number of amides is 3. The lowest BCUT2D eigenvalue weighted by atomic mass is 9.94. The average molecular weight is 325 g/mol. The van der Waals surface area contributed by atoms with E-state index in [4.69, 9.17) is 0 Å². The number of benzene rings is 1. The maximum absolute atomic E-state index is 12.6. The number of ether oxygens (including phenoxy) is 1. The molecule has 2 rings (SSSR count). The van der Waals surface area contributed by atoms with Crippen molar-refractivity contribution < 1.29 is 23.1 Å². The predicted octanol–water partition coefficient (Wildman–Crippen LogP) is 2.00. The van der Waals surface area contributed by atoms with Crippen molar-refractivity contribution in [2.24, 2.45) is 0 Å². The van der Waals surface area contributed by atoms with Crippen LogP contribution in [0.15, 0.2) is 35.5 Å². The highest BCUT2D eigenvalue weighted by Gasteiger charge is 2.33. The lowest BCUT2D eigenvalue weighted by Crippen LogP contribution is -2.46. The molecule has 2 N–H and O–H groups in total. The number of allylic oxidation sites excluding steroid dienone is 1. The van der Waals surface area contributed by atoms with Crippen molar-refractivity contribution in [1.29, 1.82) is 0 Å². The second-order valence-electron chi connectivity index (χ2n) is 5.19. The normalized spacial score (nSPS) is 17.7. The lowest BCUT2D eigenvalue weighted by molar-refractivity contribution is -0.125. The number of nitrogens with one attached hydrogen (secondary N) is 2. The van der Waals surface area contributed by atoms with Gasteiger partial charge in [-0.3, -0.25) is 4.79 Å². The number of para-hydroxylation sites is 1. The number of hydrogen-bond donors (Lipinski definition) is 2. The van der Waals surface area contributed by atoms with Crippen molar-refractivity contribution in [3.05, 3.63) is 41.1 Å². The van der Waals surface area contributed by atoms with E-state index in [0.29, 0.717) is 5.70 Å². The highest BCUT2D eigenvalue weighted by Crippen LogP contribution is 2.34. The van der Waals surface area contributed by atoms with Gasteiger partial charge in [0.25, 0.3) is 5.91 Å². The number of rotatable bonds is 4. The predicted molar refractivity (Wildman–Crippen MR) is 78.9 cm³/mol. The smallest absolute Gasteiger partial charge is 0.387 e. The summed E-state index contributed by atoms with van der Waals surface area (Å²) in [5.41, 5.74) is 0.913. The van der Waals surface area contributed by atoms with Gasteiger partial charge in [0.1, 0.15) is 5.75 Å². The maximum Gasteiger partial charge on any atom is 0.387 e. The molecule has 124 valence electrons. The Morgan fingerprint density at radius 3 is 2.57 bits per heavy atom. The number of likely N-dealkylation sites (N-methyl/N-ethyl adjacent to an activating group) is 1. The number of urea groups is 1. The molecule has 0 radical (unpaired) electrons. The first kappa shape index (κ1) is 16.7. The summed E-state index contributed by atoms with van der Waals surface area (Å²) in [5.74, 6) is -0.432. The van der Waals surface area contributed by atoms with Gasteiger partial charge in [-0.2, -0.15) is 8.78 Å². The molecule has 1 aromatic carbocycles. The van der Waals surface area contributed by atoms with E-state index in [9.17, 15) is 18.4 Å². The average Bonchev–Trinajstić information content (AvgIpc) is 2.45. The Labute approximate surface area is 132 Å².